The molecule has 44 heavy (non-hydrogen) atoms. The monoisotopic (exact) mass is 634 g/mol. The number of carbonyl (C=O) groups excluding carboxylic acids is 3. The fourth-order valence-electron chi connectivity index (χ4n) is 6.08. The third-order valence-corrected chi connectivity index (χ3v) is 9.23. The Bertz CT molecular complexity index is 1330. The third-order valence-electron chi connectivity index (χ3n) is 8.85. The van der Waals surface area contributed by atoms with Crippen molar-refractivity contribution in [1.29, 1.82) is 0 Å². The van der Waals surface area contributed by atoms with Gasteiger partial charge in [-0.05, 0) is 38.0 Å². The van der Waals surface area contributed by atoms with Crippen molar-refractivity contribution in [3.8, 4) is 5.75 Å². The molecule has 242 valence electrons. The lowest BCUT2D eigenvalue weighted by atomic mass is 9.83. The number of amides is 2. The number of hydrogen-bond acceptors (Lipinski definition) is 9. The first-order valence-electron chi connectivity index (χ1n) is 14.7. The molecule has 3 aliphatic rings. The van der Waals surface area contributed by atoms with Gasteiger partial charge in [0.15, 0.2) is 5.72 Å². The maximum atomic E-state index is 13.8. The first kappa shape index (κ1) is 33.8. The van der Waals surface area contributed by atoms with Crippen LogP contribution in [0.4, 0.5) is 10.5 Å². The summed E-state index contributed by atoms with van der Waals surface area (Å²) in [6.45, 7) is 7.36. The summed E-state index contributed by atoms with van der Waals surface area (Å²) in [6.07, 6.45) is 3.05. The van der Waals surface area contributed by atoms with E-state index in [0.29, 0.717) is 17.9 Å². The number of carbonyl (C=O) groups is 3. The number of nitrogens with zero attached hydrogens (tertiary/aromatic N) is 1. The van der Waals surface area contributed by atoms with Crippen LogP contribution in [0.3, 0.4) is 0 Å². The zero-order valence-electron chi connectivity index (χ0n) is 26.6. The van der Waals surface area contributed by atoms with Crippen LogP contribution in [0.2, 0.25) is 5.02 Å². The van der Waals surface area contributed by atoms with Crippen molar-refractivity contribution in [3.05, 3.63) is 46.5 Å². The normalized spacial score (nSPS) is 34.5. The molecule has 2 amide bonds. The molecule has 12 heteroatoms. The van der Waals surface area contributed by atoms with E-state index in [4.69, 9.17) is 40.0 Å². The number of ether oxygens (including phenoxy) is 6. The topological polar surface area (TPSA) is 125 Å². The van der Waals surface area contributed by atoms with Crippen molar-refractivity contribution < 1.29 is 42.8 Å². The summed E-state index contributed by atoms with van der Waals surface area (Å²) in [7, 11) is 6.20. The van der Waals surface area contributed by atoms with Crippen LogP contribution < -0.4 is 15.0 Å². The summed E-state index contributed by atoms with van der Waals surface area (Å²) in [5, 5.41) is 3.11. The van der Waals surface area contributed by atoms with Gasteiger partial charge in [0.2, 0.25) is 5.91 Å². The SMILES string of the molecule is CCC(=O)O[C@H]1CC(=O)N(C)c2cc(cc(OC)c2Cl)C/C(C)=C\C=C/[C@@H](OC)[C@@]2(OC)C[C@H](OC(=O)N2)[C@@H](C)[C@@H]2O[C@@]12C. The highest BCUT2D eigenvalue weighted by atomic mass is 35.5. The molecular formula is C32H43ClN2O9. The van der Waals surface area contributed by atoms with Crippen molar-refractivity contribution >= 4 is 35.3 Å². The first-order valence-corrected chi connectivity index (χ1v) is 15.1. The lowest BCUT2D eigenvalue weighted by Gasteiger charge is -2.44. The van der Waals surface area contributed by atoms with Crippen LogP contribution in [0.25, 0.3) is 0 Å². The van der Waals surface area contributed by atoms with Crippen LogP contribution in [0.5, 0.6) is 5.75 Å². The van der Waals surface area contributed by atoms with Gasteiger partial charge in [0.1, 0.15) is 34.7 Å². The van der Waals surface area contributed by atoms with Gasteiger partial charge in [-0.25, -0.2) is 4.79 Å². The number of epoxide rings is 1. The maximum Gasteiger partial charge on any atom is 0.409 e. The average molecular weight is 635 g/mol. The first-order chi connectivity index (χ1) is 20.8. The third kappa shape index (κ3) is 6.75. The van der Waals surface area contributed by atoms with E-state index in [1.54, 1.807) is 28.0 Å². The molecule has 1 aromatic rings. The number of halogens is 1. The maximum absolute atomic E-state index is 13.8. The van der Waals surface area contributed by atoms with Gasteiger partial charge in [-0.15, -0.1) is 0 Å². The largest absolute Gasteiger partial charge is 0.495 e. The van der Waals surface area contributed by atoms with Crippen molar-refractivity contribution in [3.63, 3.8) is 0 Å². The van der Waals surface area contributed by atoms with Gasteiger partial charge < -0.3 is 33.3 Å². The molecule has 1 aromatic carbocycles. The predicted molar refractivity (Wildman–Crippen MR) is 164 cm³/mol. The fourth-order valence-corrected chi connectivity index (χ4v) is 6.39. The molecule has 0 aliphatic carbocycles. The number of rotatable bonds is 5. The highest BCUT2D eigenvalue weighted by Crippen LogP contribution is 2.49. The number of fused-ring (bicyclic) bond motifs is 5. The molecule has 1 N–H and O–H groups in total. The van der Waals surface area contributed by atoms with E-state index in [1.165, 1.54) is 19.1 Å². The molecule has 0 unspecified atom stereocenters. The molecule has 0 aromatic heterocycles. The summed E-state index contributed by atoms with van der Waals surface area (Å²) in [5.74, 6) is -0.710. The molecule has 3 heterocycles. The summed E-state index contributed by atoms with van der Waals surface area (Å²) in [4.78, 5) is 40.6. The molecule has 3 aliphatic heterocycles. The fraction of sp³-hybridized carbons (Fsp3) is 0.594. The summed E-state index contributed by atoms with van der Waals surface area (Å²) < 4.78 is 35.0. The molecule has 0 radical (unpaired) electrons. The van der Waals surface area contributed by atoms with Crippen LogP contribution in [0, 0.1) is 5.92 Å². The Labute approximate surface area is 263 Å². The standard InChI is InChI=1S/C32H43ClN2O9/c1-9-27(37)43-25-16-26(36)35(5)21-14-20(15-22(39-6)28(21)33)13-18(2)11-10-12-24(40-7)32(41-8)17-23(42-30(38)34-32)19(3)29-31(25,4)44-29/h10-12,14-15,19,23-25,29H,9,13,16-17H2,1-8H3,(H,34,38)/b12-10-,18-11-/t19-,23+,24-,25+,29+,31+,32+/m1/s1. The van der Waals surface area contributed by atoms with Crippen molar-refractivity contribution in [2.75, 3.05) is 33.3 Å². The molecule has 2 fully saturated rings. The highest BCUT2D eigenvalue weighted by Gasteiger charge is 2.64. The summed E-state index contributed by atoms with van der Waals surface area (Å²) in [5.41, 5.74) is 0.108. The van der Waals surface area contributed by atoms with Gasteiger partial charge in [-0.3, -0.25) is 14.9 Å². The van der Waals surface area contributed by atoms with E-state index in [1.807, 2.05) is 44.2 Å². The minimum absolute atomic E-state index is 0.128. The minimum atomic E-state index is -1.22. The Hall–Kier alpha value is -3.12. The van der Waals surface area contributed by atoms with Crippen molar-refractivity contribution in [2.24, 2.45) is 5.92 Å². The molecular weight excluding hydrogens is 592 g/mol. The molecule has 11 nitrogen and oxygen atoms in total. The van der Waals surface area contributed by atoms with E-state index in [-0.39, 0.29) is 36.1 Å². The number of esters is 1. The van der Waals surface area contributed by atoms with Crippen molar-refractivity contribution in [2.45, 2.75) is 89.1 Å². The van der Waals surface area contributed by atoms with Crippen LogP contribution in [-0.4, -0.2) is 82.1 Å². The Kier molecular flexibility index (Phi) is 10.3. The number of benzene rings is 1. The highest BCUT2D eigenvalue weighted by molar-refractivity contribution is 6.35. The number of alkyl carbamates (subject to hydrolysis) is 1. The summed E-state index contributed by atoms with van der Waals surface area (Å²) >= 11 is 6.69. The quantitative estimate of drug-likeness (QED) is 0.361. The average Bonchev–Trinajstić information content (AvgIpc) is 3.70. The van der Waals surface area contributed by atoms with Crippen LogP contribution in [0.1, 0.15) is 52.5 Å². The van der Waals surface area contributed by atoms with Gasteiger partial charge >= 0.3 is 12.1 Å². The van der Waals surface area contributed by atoms with E-state index in [0.717, 1.165) is 11.1 Å². The van der Waals surface area contributed by atoms with E-state index in [2.05, 4.69) is 5.32 Å². The lowest BCUT2D eigenvalue weighted by Crippen LogP contribution is -2.64. The van der Waals surface area contributed by atoms with Gasteiger partial charge in [-0.1, -0.05) is 49.2 Å². The number of anilines is 1. The van der Waals surface area contributed by atoms with Gasteiger partial charge in [0.05, 0.1) is 25.3 Å². The van der Waals surface area contributed by atoms with E-state index in [9.17, 15) is 14.4 Å². The number of allylic oxidation sites excluding steroid dienone is 3. The van der Waals surface area contributed by atoms with Gasteiger partial charge in [0.25, 0.3) is 0 Å². The van der Waals surface area contributed by atoms with Crippen LogP contribution >= 0.6 is 11.6 Å². The Morgan fingerprint density at radius 2 is 1.95 bits per heavy atom. The lowest BCUT2D eigenvalue weighted by molar-refractivity contribution is -0.161. The zero-order chi connectivity index (χ0) is 32.4. The van der Waals surface area contributed by atoms with Gasteiger partial charge in [0, 0.05) is 40.0 Å². The molecule has 0 spiro atoms. The minimum Gasteiger partial charge on any atom is -0.495 e. The molecule has 0 saturated carbocycles. The Morgan fingerprint density at radius 3 is 2.59 bits per heavy atom. The second kappa shape index (κ2) is 13.5. The molecule has 4 bridgehead atoms. The second-order valence-corrected chi connectivity index (χ2v) is 12.2. The van der Waals surface area contributed by atoms with Crippen LogP contribution in [0.15, 0.2) is 35.9 Å². The van der Waals surface area contributed by atoms with E-state index < -0.39 is 47.8 Å². The van der Waals surface area contributed by atoms with Crippen LogP contribution in [-0.2, 0) is 39.7 Å². The molecule has 7 atom stereocenters. The number of hydrogen-bond donors (Lipinski definition) is 1. The zero-order valence-corrected chi connectivity index (χ0v) is 27.4. The Balaban J connectivity index is 1.81. The smallest absolute Gasteiger partial charge is 0.409 e. The second-order valence-electron chi connectivity index (χ2n) is 11.8. The summed E-state index contributed by atoms with van der Waals surface area (Å²) in [6, 6.07) is 3.68. The van der Waals surface area contributed by atoms with Gasteiger partial charge in [-0.2, -0.15) is 0 Å². The van der Waals surface area contributed by atoms with Crippen molar-refractivity contribution in [1.82, 2.24) is 5.32 Å². The predicted octanol–water partition coefficient (Wildman–Crippen LogP) is 4.73. The number of methoxy groups -OCH3 is 3. The molecule has 2 saturated heterocycles. The molecule has 4 rings (SSSR count). The Morgan fingerprint density at radius 1 is 1.23 bits per heavy atom. The van der Waals surface area contributed by atoms with E-state index >= 15 is 0 Å². The number of nitrogens with one attached hydrogen (secondary N) is 1.